The summed E-state index contributed by atoms with van der Waals surface area (Å²) in [4.78, 5) is 14.7. The van der Waals surface area contributed by atoms with E-state index >= 15 is 0 Å². The molecule has 0 saturated carbocycles. The second-order valence-corrected chi connectivity index (χ2v) is 8.78. The van der Waals surface area contributed by atoms with E-state index in [1.54, 1.807) is 29.2 Å². The van der Waals surface area contributed by atoms with Crippen LogP contribution in [0.3, 0.4) is 0 Å². The van der Waals surface area contributed by atoms with Gasteiger partial charge in [0.1, 0.15) is 0 Å². The molecule has 1 atom stereocenters. The van der Waals surface area contributed by atoms with E-state index in [4.69, 9.17) is 5.73 Å². The number of carbonyl (C=O) groups excluding carboxylic acids is 1. The van der Waals surface area contributed by atoms with Crippen molar-refractivity contribution in [3.8, 4) is 0 Å². The van der Waals surface area contributed by atoms with E-state index in [2.05, 4.69) is 4.72 Å². The maximum absolute atomic E-state index is 12.9. The third-order valence-electron chi connectivity index (χ3n) is 4.93. The van der Waals surface area contributed by atoms with Crippen LogP contribution in [0.2, 0.25) is 0 Å². The lowest BCUT2D eigenvalue weighted by atomic mass is 10.1. The van der Waals surface area contributed by atoms with Gasteiger partial charge in [-0.2, -0.15) is 0 Å². The van der Waals surface area contributed by atoms with E-state index in [1.165, 1.54) is 12.1 Å². The Hall–Kier alpha value is -2.09. The Morgan fingerprint density at radius 1 is 1.21 bits per heavy atom. The molecule has 0 radical (unpaired) electrons. The summed E-state index contributed by atoms with van der Waals surface area (Å²) in [6, 6.07) is 11.8. The first-order chi connectivity index (χ1) is 12.8. The fourth-order valence-electron chi connectivity index (χ4n) is 3.30. The number of aryl methyl sites for hydroxylation is 2. The summed E-state index contributed by atoms with van der Waals surface area (Å²) in [6.07, 6.45) is 0.883. The number of nitrogens with one attached hydrogen (secondary N) is 1. The van der Waals surface area contributed by atoms with Crippen LogP contribution < -0.4 is 10.5 Å². The predicted octanol–water partition coefficient (Wildman–Crippen LogP) is 2.95. The molecule has 0 bridgehead atoms. The van der Waals surface area contributed by atoms with E-state index in [1.807, 2.05) is 19.9 Å². The number of anilines is 1. The van der Waals surface area contributed by atoms with Crippen molar-refractivity contribution < 1.29 is 13.2 Å². The molecule has 1 aliphatic heterocycles. The van der Waals surface area contributed by atoms with Gasteiger partial charge >= 0.3 is 0 Å². The zero-order valence-electron chi connectivity index (χ0n) is 16.0. The van der Waals surface area contributed by atoms with Crippen molar-refractivity contribution in [3.05, 3.63) is 59.2 Å². The van der Waals surface area contributed by atoms with Crippen molar-refractivity contribution in [1.29, 1.82) is 0 Å². The van der Waals surface area contributed by atoms with Crippen LogP contribution in [0.1, 0.15) is 27.9 Å². The molecule has 3 N–H and O–H groups in total. The predicted molar refractivity (Wildman–Crippen MR) is 113 cm³/mol. The highest BCUT2D eigenvalue weighted by Gasteiger charge is 2.28. The summed E-state index contributed by atoms with van der Waals surface area (Å²) >= 11 is 0. The van der Waals surface area contributed by atoms with Gasteiger partial charge in [-0.05, 0) is 68.1 Å². The van der Waals surface area contributed by atoms with Crippen LogP contribution in [0, 0.1) is 19.8 Å². The lowest BCUT2D eigenvalue weighted by molar-refractivity contribution is 0.0786. The minimum absolute atomic E-state index is 0. The van der Waals surface area contributed by atoms with Gasteiger partial charge in [-0.15, -0.1) is 12.4 Å². The lowest BCUT2D eigenvalue weighted by Crippen LogP contribution is -2.30. The van der Waals surface area contributed by atoms with Crippen LogP contribution in [0.25, 0.3) is 0 Å². The third-order valence-corrected chi connectivity index (χ3v) is 6.31. The molecule has 2 aromatic carbocycles. The van der Waals surface area contributed by atoms with Crippen molar-refractivity contribution in [2.45, 2.75) is 25.2 Å². The van der Waals surface area contributed by atoms with Gasteiger partial charge in [-0.25, -0.2) is 8.42 Å². The molecule has 0 aliphatic carbocycles. The number of amides is 1. The van der Waals surface area contributed by atoms with Crippen LogP contribution in [-0.4, -0.2) is 38.9 Å². The van der Waals surface area contributed by atoms with Gasteiger partial charge in [0, 0.05) is 24.3 Å². The van der Waals surface area contributed by atoms with Gasteiger partial charge in [-0.3, -0.25) is 9.52 Å². The van der Waals surface area contributed by atoms with Gasteiger partial charge < -0.3 is 10.6 Å². The molecule has 1 heterocycles. The molecule has 3 rings (SSSR count). The second-order valence-electron chi connectivity index (χ2n) is 7.09. The van der Waals surface area contributed by atoms with E-state index in [0.717, 1.165) is 17.5 Å². The first-order valence-corrected chi connectivity index (χ1v) is 10.5. The van der Waals surface area contributed by atoms with Crippen LogP contribution in [0.5, 0.6) is 0 Å². The molecule has 2 aromatic rings. The summed E-state index contributed by atoms with van der Waals surface area (Å²) in [5.41, 5.74) is 8.33. The third kappa shape index (κ3) is 4.84. The standard InChI is InChI=1S/C20H25N3O3S.ClH/c1-14-4-3-5-17(10-14)22-27(25,26)18-7-6-15(2)19(11-18)20(24)23-9-8-16(12-21)13-23;/h3-7,10-11,16,22H,8-9,12-13,21H2,1-2H3;1H. The molecule has 1 unspecified atom stereocenters. The van der Waals surface area contributed by atoms with Crippen LogP contribution in [0.4, 0.5) is 5.69 Å². The number of likely N-dealkylation sites (tertiary alicyclic amines) is 1. The Bertz CT molecular complexity index is 963. The Kier molecular flexibility index (Phi) is 7.09. The number of hydrogen-bond acceptors (Lipinski definition) is 4. The van der Waals surface area contributed by atoms with Crippen molar-refractivity contribution in [2.75, 3.05) is 24.4 Å². The maximum Gasteiger partial charge on any atom is 0.261 e. The van der Waals surface area contributed by atoms with Crippen LogP contribution in [0.15, 0.2) is 47.4 Å². The van der Waals surface area contributed by atoms with Crippen molar-refractivity contribution in [3.63, 3.8) is 0 Å². The lowest BCUT2D eigenvalue weighted by Gasteiger charge is -2.18. The zero-order chi connectivity index (χ0) is 19.6. The minimum atomic E-state index is -3.78. The molecule has 6 nitrogen and oxygen atoms in total. The number of sulfonamides is 1. The van der Waals surface area contributed by atoms with E-state index in [-0.39, 0.29) is 23.2 Å². The molecule has 1 fully saturated rings. The Morgan fingerprint density at radius 2 is 1.96 bits per heavy atom. The summed E-state index contributed by atoms with van der Waals surface area (Å²) in [7, 11) is -3.78. The smallest absolute Gasteiger partial charge is 0.261 e. The SMILES string of the molecule is Cc1cccc(NS(=O)(=O)c2ccc(C)c(C(=O)N3CCC(CN)C3)c2)c1.Cl. The number of hydrogen-bond donors (Lipinski definition) is 2. The molecule has 28 heavy (non-hydrogen) atoms. The first-order valence-electron chi connectivity index (χ1n) is 8.99. The average Bonchev–Trinajstić information content (AvgIpc) is 3.10. The number of rotatable bonds is 5. The highest BCUT2D eigenvalue weighted by molar-refractivity contribution is 7.92. The van der Waals surface area contributed by atoms with E-state index in [0.29, 0.717) is 36.8 Å². The molecular weight excluding hydrogens is 398 g/mol. The fraction of sp³-hybridized carbons (Fsp3) is 0.350. The number of nitrogens with two attached hydrogens (primary N) is 1. The van der Waals surface area contributed by atoms with Gasteiger partial charge in [-0.1, -0.05) is 18.2 Å². The highest BCUT2D eigenvalue weighted by Crippen LogP contribution is 2.23. The number of nitrogens with zero attached hydrogens (tertiary/aromatic N) is 1. The van der Waals surface area contributed by atoms with E-state index in [9.17, 15) is 13.2 Å². The molecule has 8 heteroatoms. The number of halogens is 1. The Labute approximate surface area is 172 Å². The summed E-state index contributed by atoms with van der Waals surface area (Å²) < 4.78 is 28.1. The number of carbonyl (C=O) groups is 1. The Balaban J connectivity index is 0.00000280. The molecule has 1 saturated heterocycles. The zero-order valence-corrected chi connectivity index (χ0v) is 17.6. The molecular formula is C20H26ClN3O3S. The molecule has 0 aromatic heterocycles. The molecule has 1 amide bonds. The molecule has 152 valence electrons. The van der Waals surface area contributed by atoms with Crippen molar-refractivity contribution >= 4 is 34.0 Å². The largest absolute Gasteiger partial charge is 0.338 e. The van der Waals surface area contributed by atoms with Crippen molar-refractivity contribution in [1.82, 2.24) is 4.90 Å². The monoisotopic (exact) mass is 423 g/mol. The van der Waals surface area contributed by atoms with Crippen molar-refractivity contribution in [2.24, 2.45) is 11.7 Å². The highest BCUT2D eigenvalue weighted by atomic mass is 35.5. The van der Waals surface area contributed by atoms with Gasteiger partial charge in [0.05, 0.1) is 4.90 Å². The normalized spacial score (nSPS) is 16.5. The summed E-state index contributed by atoms with van der Waals surface area (Å²) in [5, 5.41) is 0. The minimum Gasteiger partial charge on any atom is -0.338 e. The fourth-order valence-corrected chi connectivity index (χ4v) is 4.38. The van der Waals surface area contributed by atoms with Gasteiger partial charge in [0.15, 0.2) is 0 Å². The molecule has 0 spiro atoms. The second kappa shape index (κ2) is 8.94. The van der Waals surface area contributed by atoms with Gasteiger partial charge in [0.2, 0.25) is 0 Å². The Morgan fingerprint density at radius 3 is 2.61 bits per heavy atom. The van der Waals surface area contributed by atoms with E-state index < -0.39 is 10.0 Å². The van der Waals surface area contributed by atoms with Crippen LogP contribution in [-0.2, 0) is 10.0 Å². The average molecular weight is 424 g/mol. The van der Waals surface area contributed by atoms with Gasteiger partial charge in [0.25, 0.3) is 15.9 Å². The summed E-state index contributed by atoms with van der Waals surface area (Å²) in [6.45, 7) is 5.53. The first kappa shape index (κ1) is 22.2. The number of benzene rings is 2. The molecule has 1 aliphatic rings. The van der Waals surface area contributed by atoms with Crippen LogP contribution >= 0.6 is 12.4 Å². The maximum atomic E-state index is 12.9. The quantitative estimate of drug-likeness (QED) is 0.773. The topological polar surface area (TPSA) is 92.5 Å². The summed E-state index contributed by atoms with van der Waals surface area (Å²) in [5.74, 6) is 0.167.